The minimum Gasteiger partial charge on any atom is -0.316 e. The Kier molecular flexibility index (Phi) is 3.97. The second-order valence-corrected chi connectivity index (χ2v) is 4.87. The molecule has 2 rings (SSSR count). The lowest BCUT2D eigenvalue weighted by Gasteiger charge is -2.27. The monoisotopic (exact) mass is 218 g/mol. The molecule has 0 radical (unpaired) electrons. The largest absolute Gasteiger partial charge is 0.316 e. The molecule has 0 saturated carbocycles. The molecule has 1 heterocycles. The number of hydrogen-bond donors (Lipinski definition) is 2. The van der Waals surface area contributed by atoms with Crippen LogP contribution >= 0.6 is 0 Å². The van der Waals surface area contributed by atoms with Crippen LogP contribution in [0.2, 0.25) is 0 Å². The fourth-order valence-corrected chi connectivity index (χ4v) is 2.44. The lowest BCUT2D eigenvalue weighted by molar-refractivity contribution is 0.291. The SMILES string of the molecule is CCC1(CNCc2ccccc2)CCNC1. The molecule has 88 valence electrons. The first-order valence-electron chi connectivity index (χ1n) is 6.30. The van der Waals surface area contributed by atoms with Crippen molar-refractivity contribution in [3.05, 3.63) is 35.9 Å². The fourth-order valence-electron chi connectivity index (χ4n) is 2.44. The standard InChI is InChI=1S/C14H22N2/c1-2-14(8-9-15-11-14)12-16-10-13-6-4-3-5-7-13/h3-7,15-16H,2,8-12H2,1H3. The van der Waals surface area contributed by atoms with Gasteiger partial charge in [-0.3, -0.25) is 0 Å². The van der Waals surface area contributed by atoms with Gasteiger partial charge in [0.25, 0.3) is 0 Å². The summed E-state index contributed by atoms with van der Waals surface area (Å²) in [6.45, 7) is 6.78. The zero-order valence-electron chi connectivity index (χ0n) is 10.1. The molecule has 1 aliphatic rings. The normalized spacial score (nSPS) is 24.8. The Hall–Kier alpha value is -0.860. The first-order valence-corrected chi connectivity index (χ1v) is 6.30. The summed E-state index contributed by atoms with van der Waals surface area (Å²) in [5, 5.41) is 7.07. The van der Waals surface area contributed by atoms with Crippen molar-refractivity contribution in [3.8, 4) is 0 Å². The van der Waals surface area contributed by atoms with Gasteiger partial charge in [0.2, 0.25) is 0 Å². The lowest BCUT2D eigenvalue weighted by Crippen LogP contribution is -2.35. The second-order valence-electron chi connectivity index (χ2n) is 4.87. The topological polar surface area (TPSA) is 24.1 Å². The molecule has 1 fully saturated rings. The summed E-state index contributed by atoms with van der Waals surface area (Å²) in [5.41, 5.74) is 1.87. The Balaban J connectivity index is 1.79. The molecular formula is C14H22N2. The van der Waals surface area contributed by atoms with Crippen LogP contribution in [0.1, 0.15) is 25.3 Å². The van der Waals surface area contributed by atoms with Gasteiger partial charge in [0.05, 0.1) is 0 Å². The van der Waals surface area contributed by atoms with E-state index in [4.69, 9.17) is 0 Å². The maximum absolute atomic E-state index is 3.60. The highest BCUT2D eigenvalue weighted by Crippen LogP contribution is 2.28. The van der Waals surface area contributed by atoms with Crippen LogP contribution in [0.5, 0.6) is 0 Å². The molecule has 2 heteroatoms. The summed E-state index contributed by atoms with van der Waals surface area (Å²) in [6, 6.07) is 10.6. The van der Waals surface area contributed by atoms with Crippen molar-refractivity contribution in [2.24, 2.45) is 5.41 Å². The van der Waals surface area contributed by atoms with E-state index >= 15 is 0 Å². The van der Waals surface area contributed by atoms with Crippen LogP contribution in [0, 0.1) is 5.41 Å². The van der Waals surface area contributed by atoms with Crippen molar-refractivity contribution < 1.29 is 0 Å². The van der Waals surface area contributed by atoms with E-state index in [-0.39, 0.29) is 0 Å². The van der Waals surface area contributed by atoms with Crippen molar-refractivity contribution >= 4 is 0 Å². The molecule has 1 aromatic rings. The van der Waals surface area contributed by atoms with Gasteiger partial charge in [-0.1, -0.05) is 37.3 Å². The van der Waals surface area contributed by atoms with Gasteiger partial charge in [-0.25, -0.2) is 0 Å². The van der Waals surface area contributed by atoms with Gasteiger partial charge in [0.15, 0.2) is 0 Å². The summed E-state index contributed by atoms with van der Waals surface area (Å²) in [6.07, 6.45) is 2.58. The Morgan fingerprint density at radius 3 is 2.75 bits per heavy atom. The molecular weight excluding hydrogens is 196 g/mol. The molecule has 1 aromatic carbocycles. The van der Waals surface area contributed by atoms with Crippen molar-refractivity contribution in [2.45, 2.75) is 26.3 Å². The Morgan fingerprint density at radius 1 is 1.31 bits per heavy atom. The first-order chi connectivity index (χ1) is 7.85. The maximum Gasteiger partial charge on any atom is 0.0205 e. The van der Waals surface area contributed by atoms with E-state index in [1.165, 1.54) is 31.5 Å². The highest BCUT2D eigenvalue weighted by Gasteiger charge is 2.31. The van der Waals surface area contributed by atoms with E-state index in [9.17, 15) is 0 Å². The van der Waals surface area contributed by atoms with Gasteiger partial charge < -0.3 is 10.6 Å². The zero-order valence-corrected chi connectivity index (χ0v) is 10.1. The van der Waals surface area contributed by atoms with Crippen molar-refractivity contribution in [1.82, 2.24) is 10.6 Å². The zero-order chi connectivity index (χ0) is 11.3. The van der Waals surface area contributed by atoms with Crippen LogP contribution in [0.4, 0.5) is 0 Å². The Labute approximate surface area is 98.4 Å². The number of benzene rings is 1. The van der Waals surface area contributed by atoms with Crippen molar-refractivity contribution in [1.29, 1.82) is 0 Å². The summed E-state index contributed by atoms with van der Waals surface area (Å²) in [4.78, 5) is 0. The van der Waals surface area contributed by atoms with E-state index < -0.39 is 0 Å². The average molecular weight is 218 g/mol. The average Bonchev–Trinajstić information content (AvgIpc) is 2.80. The van der Waals surface area contributed by atoms with Crippen LogP contribution in [0.3, 0.4) is 0 Å². The predicted octanol–water partition coefficient (Wildman–Crippen LogP) is 2.17. The molecule has 0 aliphatic carbocycles. The molecule has 2 N–H and O–H groups in total. The highest BCUT2D eigenvalue weighted by atomic mass is 15.0. The summed E-state index contributed by atoms with van der Waals surface area (Å²) < 4.78 is 0. The van der Waals surface area contributed by atoms with Gasteiger partial charge in [-0.2, -0.15) is 0 Å². The minimum absolute atomic E-state index is 0.495. The lowest BCUT2D eigenvalue weighted by atomic mass is 9.84. The van der Waals surface area contributed by atoms with E-state index in [2.05, 4.69) is 47.9 Å². The molecule has 0 spiro atoms. The number of hydrogen-bond acceptors (Lipinski definition) is 2. The highest BCUT2D eigenvalue weighted by molar-refractivity contribution is 5.14. The van der Waals surface area contributed by atoms with Gasteiger partial charge >= 0.3 is 0 Å². The van der Waals surface area contributed by atoms with Crippen LogP contribution in [-0.2, 0) is 6.54 Å². The molecule has 2 nitrogen and oxygen atoms in total. The molecule has 1 atom stereocenters. The molecule has 1 aliphatic heterocycles. The Bertz CT molecular complexity index is 302. The van der Waals surface area contributed by atoms with E-state index in [0.717, 1.165) is 13.1 Å². The van der Waals surface area contributed by atoms with Gasteiger partial charge in [-0.15, -0.1) is 0 Å². The van der Waals surface area contributed by atoms with E-state index in [1.54, 1.807) is 0 Å². The number of nitrogens with one attached hydrogen (secondary N) is 2. The third kappa shape index (κ3) is 2.83. The molecule has 1 saturated heterocycles. The first kappa shape index (κ1) is 11.6. The summed E-state index contributed by atoms with van der Waals surface area (Å²) in [5.74, 6) is 0. The molecule has 16 heavy (non-hydrogen) atoms. The smallest absolute Gasteiger partial charge is 0.0205 e. The maximum atomic E-state index is 3.60. The van der Waals surface area contributed by atoms with Gasteiger partial charge in [-0.05, 0) is 30.4 Å². The van der Waals surface area contributed by atoms with Gasteiger partial charge in [0, 0.05) is 19.6 Å². The third-order valence-corrected chi connectivity index (χ3v) is 3.75. The predicted molar refractivity (Wildman–Crippen MR) is 68.4 cm³/mol. The second kappa shape index (κ2) is 5.46. The summed E-state index contributed by atoms with van der Waals surface area (Å²) in [7, 11) is 0. The van der Waals surface area contributed by atoms with Crippen LogP contribution in [0.25, 0.3) is 0 Å². The third-order valence-electron chi connectivity index (χ3n) is 3.75. The van der Waals surface area contributed by atoms with E-state index in [1.807, 2.05) is 0 Å². The summed E-state index contributed by atoms with van der Waals surface area (Å²) >= 11 is 0. The molecule has 0 amide bonds. The number of rotatable bonds is 5. The van der Waals surface area contributed by atoms with Gasteiger partial charge in [0.1, 0.15) is 0 Å². The van der Waals surface area contributed by atoms with E-state index in [0.29, 0.717) is 5.41 Å². The Morgan fingerprint density at radius 2 is 2.12 bits per heavy atom. The quantitative estimate of drug-likeness (QED) is 0.791. The molecule has 1 unspecified atom stereocenters. The minimum atomic E-state index is 0.495. The van der Waals surface area contributed by atoms with Crippen LogP contribution in [0.15, 0.2) is 30.3 Å². The van der Waals surface area contributed by atoms with Crippen LogP contribution < -0.4 is 10.6 Å². The van der Waals surface area contributed by atoms with Crippen molar-refractivity contribution in [3.63, 3.8) is 0 Å². The molecule has 0 bridgehead atoms. The van der Waals surface area contributed by atoms with Crippen LogP contribution in [-0.4, -0.2) is 19.6 Å². The molecule has 0 aromatic heterocycles. The van der Waals surface area contributed by atoms with Crippen molar-refractivity contribution in [2.75, 3.05) is 19.6 Å². The fraction of sp³-hybridized carbons (Fsp3) is 0.571.